The van der Waals surface area contributed by atoms with Crippen molar-refractivity contribution in [1.82, 2.24) is 9.55 Å². The lowest BCUT2D eigenvalue weighted by Crippen LogP contribution is -1.97. The Morgan fingerprint density at radius 3 is 2.67 bits per heavy atom. The first-order chi connectivity index (χ1) is 10.3. The molecule has 0 aliphatic heterocycles. The number of hydrogen-bond donors (Lipinski definition) is 1. The topological polar surface area (TPSA) is 39.1 Å². The number of imidazole rings is 1. The van der Waals surface area contributed by atoms with E-state index in [9.17, 15) is 0 Å². The molecule has 3 aromatic rings. The van der Waals surface area contributed by atoms with Crippen LogP contribution in [-0.4, -0.2) is 16.7 Å². The fourth-order valence-corrected chi connectivity index (χ4v) is 2.21. The van der Waals surface area contributed by atoms with Gasteiger partial charge in [0.15, 0.2) is 0 Å². The Kier molecular flexibility index (Phi) is 3.87. The van der Waals surface area contributed by atoms with Crippen LogP contribution in [0, 0.1) is 0 Å². The minimum atomic E-state index is 0.813. The Bertz CT molecular complexity index is 708. The summed E-state index contributed by atoms with van der Waals surface area (Å²) >= 11 is 0. The summed E-state index contributed by atoms with van der Waals surface area (Å²) in [5.41, 5.74) is 3.29. The van der Waals surface area contributed by atoms with Gasteiger partial charge < -0.3 is 14.6 Å². The maximum absolute atomic E-state index is 5.24. The number of ether oxygens (including phenoxy) is 1. The molecule has 2 aromatic carbocycles. The van der Waals surface area contributed by atoms with Crippen molar-refractivity contribution in [2.75, 3.05) is 12.4 Å². The van der Waals surface area contributed by atoms with E-state index in [-0.39, 0.29) is 0 Å². The maximum atomic E-state index is 5.24. The van der Waals surface area contributed by atoms with Gasteiger partial charge in [0.2, 0.25) is 0 Å². The number of rotatable bonds is 5. The molecule has 1 aromatic heterocycles. The largest absolute Gasteiger partial charge is 0.497 e. The van der Waals surface area contributed by atoms with Gasteiger partial charge in [0.05, 0.1) is 13.4 Å². The molecule has 0 saturated carbocycles. The summed E-state index contributed by atoms with van der Waals surface area (Å²) in [7, 11) is 1.67. The van der Waals surface area contributed by atoms with Crippen LogP contribution in [-0.2, 0) is 6.54 Å². The Hall–Kier alpha value is -2.75. The summed E-state index contributed by atoms with van der Waals surface area (Å²) < 4.78 is 7.28. The average molecular weight is 279 g/mol. The zero-order valence-electron chi connectivity index (χ0n) is 11.9. The summed E-state index contributed by atoms with van der Waals surface area (Å²) in [6.45, 7) is 0.813. The molecule has 0 aliphatic rings. The minimum Gasteiger partial charge on any atom is -0.497 e. The zero-order valence-corrected chi connectivity index (χ0v) is 11.9. The Morgan fingerprint density at radius 2 is 1.90 bits per heavy atom. The van der Waals surface area contributed by atoms with Gasteiger partial charge in [0.1, 0.15) is 5.75 Å². The van der Waals surface area contributed by atoms with Crippen molar-refractivity contribution in [1.29, 1.82) is 0 Å². The second-order valence-electron chi connectivity index (χ2n) is 4.79. The number of benzene rings is 2. The number of anilines is 2. The fourth-order valence-electron chi connectivity index (χ4n) is 2.21. The van der Waals surface area contributed by atoms with E-state index in [0.29, 0.717) is 0 Å². The summed E-state index contributed by atoms with van der Waals surface area (Å²) in [6.07, 6.45) is 5.57. The van der Waals surface area contributed by atoms with E-state index in [1.165, 1.54) is 5.56 Å². The molecule has 0 atom stereocenters. The molecular weight excluding hydrogens is 262 g/mol. The third kappa shape index (κ3) is 3.42. The molecular formula is C17H17N3O. The zero-order chi connectivity index (χ0) is 14.5. The molecule has 21 heavy (non-hydrogen) atoms. The minimum absolute atomic E-state index is 0.813. The van der Waals surface area contributed by atoms with Crippen LogP contribution in [0.2, 0.25) is 0 Å². The highest BCUT2D eigenvalue weighted by atomic mass is 16.5. The lowest BCUT2D eigenvalue weighted by atomic mass is 10.2. The summed E-state index contributed by atoms with van der Waals surface area (Å²) in [6, 6.07) is 16.2. The third-order valence-electron chi connectivity index (χ3n) is 3.21. The van der Waals surface area contributed by atoms with Crippen LogP contribution in [0.5, 0.6) is 5.75 Å². The van der Waals surface area contributed by atoms with Gasteiger partial charge in [-0.15, -0.1) is 0 Å². The molecule has 0 spiro atoms. The van der Waals surface area contributed by atoms with Crippen LogP contribution in [0.15, 0.2) is 67.3 Å². The maximum Gasteiger partial charge on any atom is 0.120 e. The number of hydrogen-bond acceptors (Lipinski definition) is 3. The van der Waals surface area contributed by atoms with Crippen molar-refractivity contribution in [3.63, 3.8) is 0 Å². The number of nitrogens with one attached hydrogen (secondary N) is 1. The molecule has 3 rings (SSSR count). The van der Waals surface area contributed by atoms with Crippen LogP contribution in [0.3, 0.4) is 0 Å². The first-order valence-electron chi connectivity index (χ1n) is 6.79. The normalized spacial score (nSPS) is 10.3. The highest BCUT2D eigenvalue weighted by Gasteiger charge is 2.00. The van der Waals surface area contributed by atoms with Crippen LogP contribution in [0.1, 0.15) is 5.56 Å². The van der Waals surface area contributed by atoms with Crippen molar-refractivity contribution in [3.05, 3.63) is 72.8 Å². The van der Waals surface area contributed by atoms with Gasteiger partial charge in [0, 0.05) is 36.4 Å². The van der Waals surface area contributed by atoms with Crippen molar-refractivity contribution >= 4 is 11.4 Å². The molecule has 1 heterocycles. The van der Waals surface area contributed by atoms with Crippen molar-refractivity contribution in [2.24, 2.45) is 0 Å². The quantitative estimate of drug-likeness (QED) is 0.774. The molecule has 4 heteroatoms. The molecule has 106 valence electrons. The van der Waals surface area contributed by atoms with E-state index in [1.54, 1.807) is 13.3 Å². The average Bonchev–Trinajstić information content (AvgIpc) is 3.01. The molecule has 0 amide bonds. The van der Waals surface area contributed by atoms with Gasteiger partial charge in [-0.3, -0.25) is 0 Å². The Balaban J connectivity index is 1.76. The van der Waals surface area contributed by atoms with Gasteiger partial charge in [-0.05, 0) is 29.8 Å². The Morgan fingerprint density at radius 1 is 1.10 bits per heavy atom. The smallest absolute Gasteiger partial charge is 0.120 e. The van der Waals surface area contributed by atoms with E-state index < -0.39 is 0 Å². The molecule has 4 nitrogen and oxygen atoms in total. The first kappa shape index (κ1) is 13.2. The van der Waals surface area contributed by atoms with E-state index >= 15 is 0 Å². The molecule has 0 radical (unpaired) electrons. The van der Waals surface area contributed by atoms with Crippen LogP contribution >= 0.6 is 0 Å². The van der Waals surface area contributed by atoms with Gasteiger partial charge in [-0.25, -0.2) is 4.98 Å². The van der Waals surface area contributed by atoms with E-state index in [0.717, 1.165) is 23.7 Å². The highest BCUT2D eigenvalue weighted by Crippen LogP contribution is 2.22. The highest BCUT2D eigenvalue weighted by molar-refractivity contribution is 5.61. The first-order valence-corrected chi connectivity index (χ1v) is 6.79. The predicted molar refractivity (Wildman–Crippen MR) is 84.0 cm³/mol. The van der Waals surface area contributed by atoms with E-state index in [1.807, 2.05) is 41.4 Å². The molecule has 0 unspecified atom stereocenters. The second kappa shape index (κ2) is 6.13. The summed E-state index contributed by atoms with van der Waals surface area (Å²) in [4.78, 5) is 4.06. The molecule has 1 N–H and O–H groups in total. The monoisotopic (exact) mass is 279 g/mol. The van der Waals surface area contributed by atoms with Gasteiger partial charge >= 0.3 is 0 Å². The molecule has 0 saturated heterocycles. The lowest BCUT2D eigenvalue weighted by Gasteiger charge is -2.10. The molecule has 0 bridgehead atoms. The van der Waals surface area contributed by atoms with Crippen LogP contribution < -0.4 is 10.1 Å². The van der Waals surface area contributed by atoms with Gasteiger partial charge in [-0.1, -0.05) is 18.2 Å². The number of methoxy groups -OCH3 is 1. The van der Waals surface area contributed by atoms with Crippen molar-refractivity contribution in [2.45, 2.75) is 6.54 Å². The van der Waals surface area contributed by atoms with Gasteiger partial charge in [0.25, 0.3) is 0 Å². The van der Waals surface area contributed by atoms with Gasteiger partial charge in [-0.2, -0.15) is 0 Å². The van der Waals surface area contributed by atoms with Crippen LogP contribution in [0.4, 0.5) is 11.4 Å². The SMILES string of the molecule is COc1cccc(Nc2cccc(Cn3ccnc3)c2)c1. The molecule has 0 aliphatic carbocycles. The summed E-state index contributed by atoms with van der Waals surface area (Å²) in [5.74, 6) is 0.842. The fraction of sp³-hybridized carbons (Fsp3) is 0.118. The van der Waals surface area contributed by atoms with E-state index in [4.69, 9.17) is 4.74 Å². The van der Waals surface area contributed by atoms with Crippen molar-refractivity contribution < 1.29 is 4.74 Å². The van der Waals surface area contributed by atoms with E-state index in [2.05, 4.69) is 34.6 Å². The van der Waals surface area contributed by atoms with Crippen molar-refractivity contribution in [3.8, 4) is 5.75 Å². The lowest BCUT2D eigenvalue weighted by molar-refractivity contribution is 0.415. The second-order valence-corrected chi connectivity index (χ2v) is 4.79. The molecule has 0 fully saturated rings. The number of aromatic nitrogens is 2. The Labute approximate surface area is 124 Å². The van der Waals surface area contributed by atoms with Crippen LogP contribution in [0.25, 0.3) is 0 Å². The number of nitrogens with zero attached hydrogens (tertiary/aromatic N) is 2. The third-order valence-corrected chi connectivity index (χ3v) is 3.21. The summed E-state index contributed by atoms with van der Waals surface area (Å²) in [5, 5.41) is 3.39. The standard InChI is InChI=1S/C17H17N3O/c1-21-17-7-3-6-16(11-17)19-15-5-2-4-14(10-15)12-20-9-8-18-13-20/h2-11,13,19H,12H2,1H3. The predicted octanol–water partition coefficient (Wildman–Crippen LogP) is 3.68.